The first kappa shape index (κ1) is 16.4. The molecule has 4 nitrogen and oxygen atoms in total. The standard InChI is InChI=1S/C15H23FN2O2S/c1-11(2)17-9-13-6-7-14(16)15(8-13)21(19,20)18(3)10-12-4-5-12/h6-8,11-12,17H,4-5,9-10H2,1-3H3. The van der Waals surface area contributed by atoms with Crippen LogP contribution in [0.2, 0.25) is 0 Å². The van der Waals surface area contributed by atoms with Gasteiger partial charge in [0, 0.05) is 26.2 Å². The molecule has 1 saturated carbocycles. The molecule has 0 amide bonds. The molecule has 0 spiro atoms. The molecule has 0 atom stereocenters. The zero-order valence-electron chi connectivity index (χ0n) is 12.8. The van der Waals surface area contributed by atoms with Crippen molar-refractivity contribution in [3.63, 3.8) is 0 Å². The molecule has 21 heavy (non-hydrogen) atoms. The van der Waals surface area contributed by atoms with Crippen molar-refractivity contribution in [2.24, 2.45) is 5.92 Å². The Balaban J connectivity index is 2.21. The predicted molar refractivity (Wildman–Crippen MR) is 80.9 cm³/mol. The van der Waals surface area contributed by atoms with Crippen molar-refractivity contribution in [2.75, 3.05) is 13.6 Å². The first-order valence-corrected chi connectivity index (χ1v) is 8.73. The van der Waals surface area contributed by atoms with Crippen molar-refractivity contribution in [3.8, 4) is 0 Å². The maximum atomic E-state index is 14.0. The van der Waals surface area contributed by atoms with E-state index in [9.17, 15) is 12.8 Å². The molecule has 6 heteroatoms. The van der Waals surface area contributed by atoms with Gasteiger partial charge in [0.2, 0.25) is 10.0 Å². The Morgan fingerprint density at radius 1 is 1.38 bits per heavy atom. The summed E-state index contributed by atoms with van der Waals surface area (Å²) >= 11 is 0. The van der Waals surface area contributed by atoms with E-state index >= 15 is 0 Å². The largest absolute Gasteiger partial charge is 0.310 e. The van der Waals surface area contributed by atoms with Crippen LogP contribution in [-0.2, 0) is 16.6 Å². The Labute approximate surface area is 126 Å². The third kappa shape index (κ3) is 4.25. The second-order valence-electron chi connectivity index (χ2n) is 6.03. The van der Waals surface area contributed by atoms with Gasteiger partial charge in [0.1, 0.15) is 10.7 Å². The molecule has 2 rings (SSSR count). The smallest absolute Gasteiger partial charge is 0.245 e. The Bertz CT molecular complexity index is 598. The predicted octanol–water partition coefficient (Wildman–Crippen LogP) is 2.35. The number of benzene rings is 1. The van der Waals surface area contributed by atoms with E-state index in [0.29, 0.717) is 19.0 Å². The summed E-state index contributed by atoms with van der Waals surface area (Å²) in [6, 6.07) is 4.57. The van der Waals surface area contributed by atoms with Crippen molar-refractivity contribution in [1.29, 1.82) is 0 Å². The van der Waals surface area contributed by atoms with Crippen molar-refractivity contribution in [1.82, 2.24) is 9.62 Å². The highest BCUT2D eigenvalue weighted by molar-refractivity contribution is 7.89. The zero-order chi connectivity index (χ0) is 15.6. The second kappa shape index (κ2) is 6.42. The maximum absolute atomic E-state index is 14.0. The summed E-state index contributed by atoms with van der Waals surface area (Å²) in [4.78, 5) is -0.228. The number of nitrogens with one attached hydrogen (secondary N) is 1. The molecule has 0 aliphatic heterocycles. The van der Waals surface area contributed by atoms with Gasteiger partial charge in [0.05, 0.1) is 0 Å². The summed E-state index contributed by atoms with van der Waals surface area (Å²) in [6.45, 7) is 5.00. The minimum absolute atomic E-state index is 0.228. The average Bonchev–Trinajstić information content (AvgIpc) is 3.21. The Hall–Kier alpha value is -0.980. The van der Waals surface area contributed by atoms with Gasteiger partial charge in [-0.2, -0.15) is 0 Å². The van der Waals surface area contributed by atoms with Gasteiger partial charge < -0.3 is 5.32 Å². The van der Waals surface area contributed by atoms with Gasteiger partial charge >= 0.3 is 0 Å². The van der Waals surface area contributed by atoms with Gasteiger partial charge in [-0.3, -0.25) is 0 Å². The summed E-state index contributed by atoms with van der Waals surface area (Å²) in [5, 5.41) is 3.20. The molecule has 1 aliphatic carbocycles. The van der Waals surface area contributed by atoms with Crippen molar-refractivity contribution in [3.05, 3.63) is 29.6 Å². The molecular formula is C15H23FN2O2S. The van der Waals surface area contributed by atoms with E-state index < -0.39 is 15.8 Å². The van der Waals surface area contributed by atoms with Crippen molar-refractivity contribution < 1.29 is 12.8 Å². The highest BCUT2D eigenvalue weighted by Gasteiger charge is 2.30. The van der Waals surface area contributed by atoms with Crippen LogP contribution in [0.4, 0.5) is 4.39 Å². The molecule has 0 radical (unpaired) electrons. The zero-order valence-corrected chi connectivity index (χ0v) is 13.6. The summed E-state index contributed by atoms with van der Waals surface area (Å²) in [7, 11) is -2.24. The Morgan fingerprint density at radius 3 is 2.62 bits per heavy atom. The summed E-state index contributed by atoms with van der Waals surface area (Å²) in [5.41, 5.74) is 0.767. The normalized spacial score (nSPS) is 15.9. The van der Waals surface area contributed by atoms with Crippen LogP contribution in [0.25, 0.3) is 0 Å². The lowest BCUT2D eigenvalue weighted by Gasteiger charge is -2.18. The molecule has 1 aromatic rings. The van der Waals surface area contributed by atoms with Crippen molar-refractivity contribution in [2.45, 2.75) is 44.2 Å². The first-order chi connectivity index (χ1) is 9.80. The van der Waals surface area contributed by atoms with Crippen molar-refractivity contribution >= 4 is 10.0 Å². The molecule has 1 N–H and O–H groups in total. The van der Waals surface area contributed by atoms with Gasteiger partial charge in [-0.05, 0) is 36.5 Å². The van der Waals surface area contributed by atoms with E-state index in [1.807, 2.05) is 13.8 Å². The topological polar surface area (TPSA) is 49.4 Å². The monoisotopic (exact) mass is 314 g/mol. The van der Waals surface area contributed by atoms with Gasteiger partial charge in [-0.1, -0.05) is 19.9 Å². The molecule has 118 valence electrons. The Kier molecular flexibility index (Phi) is 5.01. The lowest BCUT2D eigenvalue weighted by Crippen LogP contribution is -2.30. The molecule has 1 aliphatic rings. The quantitative estimate of drug-likeness (QED) is 0.840. The number of hydrogen-bond acceptors (Lipinski definition) is 3. The fourth-order valence-corrected chi connectivity index (χ4v) is 3.47. The third-order valence-corrected chi connectivity index (χ3v) is 5.45. The van der Waals surface area contributed by atoms with Crippen LogP contribution in [0.5, 0.6) is 0 Å². The van der Waals surface area contributed by atoms with Crippen LogP contribution >= 0.6 is 0 Å². The highest BCUT2D eigenvalue weighted by Crippen LogP contribution is 2.31. The maximum Gasteiger partial charge on any atom is 0.245 e. The highest BCUT2D eigenvalue weighted by atomic mass is 32.2. The van der Waals surface area contributed by atoms with Gasteiger partial charge in [-0.25, -0.2) is 17.1 Å². The van der Waals surface area contributed by atoms with Gasteiger partial charge in [0.15, 0.2) is 0 Å². The van der Waals surface area contributed by atoms with Crippen LogP contribution < -0.4 is 5.32 Å². The molecule has 0 bridgehead atoms. The minimum Gasteiger partial charge on any atom is -0.310 e. The lowest BCUT2D eigenvalue weighted by molar-refractivity contribution is 0.447. The van der Waals surface area contributed by atoms with Crippen LogP contribution in [0.1, 0.15) is 32.3 Å². The molecular weight excluding hydrogens is 291 g/mol. The van der Waals surface area contributed by atoms with E-state index in [1.54, 1.807) is 6.07 Å². The number of hydrogen-bond donors (Lipinski definition) is 1. The molecule has 0 saturated heterocycles. The van der Waals surface area contributed by atoms with E-state index in [1.165, 1.54) is 23.5 Å². The third-order valence-electron chi connectivity index (χ3n) is 3.61. The molecule has 0 heterocycles. The van der Waals surface area contributed by atoms with Gasteiger partial charge in [-0.15, -0.1) is 0 Å². The van der Waals surface area contributed by atoms with E-state index in [0.717, 1.165) is 18.4 Å². The van der Waals surface area contributed by atoms with E-state index in [-0.39, 0.29) is 10.9 Å². The molecule has 0 unspecified atom stereocenters. The van der Waals surface area contributed by atoms with Crippen LogP contribution in [0.15, 0.2) is 23.1 Å². The number of nitrogens with zero attached hydrogens (tertiary/aromatic N) is 1. The van der Waals surface area contributed by atoms with Crippen LogP contribution in [0, 0.1) is 11.7 Å². The number of rotatable bonds is 7. The van der Waals surface area contributed by atoms with Crippen LogP contribution in [0.3, 0.4) is 0 Å². The van der Waals surface area contributed by atoms with Gasteiger partial charge in [0.25, 0.3) is 0 Å². The fraction of sp³-hybridized carbons (Fsp3) is 0.600. The van der Waals surface area contributed by atoms with Crippen LogP contribution in [-0.4, -0.2) is 32.4 Å². The van der Waals surface area contributed by atoms with E-state index in [4.69, 9.17) is 0 Å². The van der Waals surface area contributed by atoms with E-state index in [2.05, 4.69) is 5.32 Å². The summed E-state index contributed by atoms with van der Waals surface area (Å²) in [6.07, 6.45) is 2.11. The SMILES string of the molecule is CC(C)NCc1ccc(F)c(S(=O)(=O)N(C)CC2CC2)c1. The lowest BCUT2D eigenvalue weighted by atomic mass is 10.2. The number of sulfonamides is 1. The minimum atomic E-state index is -3.76. The Morgan fingerprint density at radius 2 is 2.05 bits per heavy atom. The summed E-state index contributed by atoms with van der Waals surface area (Å²) in [5.74, 6) is -0.260. The summed E-state index contributed by atoms with van der Waals surface area (Å²) < 4.78 is 40.2. The first-order valence-electron chi connectivity index (χ1n) is 7.29. The molecule has 1 fully saturated rings. The molecule has 1 aromatic carbocycles. The fourth-order valence-electron chi connectivity index (χ4n) is 2.11. The second-order valence-corrected chi connectivity index (χ2v) is 8.04. The molecule has 0 aromatic heterocycles. The number of halogens is 1. The average molecular weight is 314 g/mol.